The summed E-state index contributed by atoms with van der Waals surface area (Å²) in [6.45, 7) is 0.411. The fraction of sp³-hybridized carbons (Fsp3) is 0.471. The molecule has 3 rings (SSSR count). The first-order valence-electron chi connectivity index (χ1n) is 8.70. The van der Waals surface area contributed by atoms with E-state index >= 15 is 0 Å². The van der Waals surface area contributed by atoms with Crippen LogP contribution in [0.25, 0.3) is 0 Å². The first-order chi connectivity index (χ1) is 13.1. The van der Waals surface area contributed by atoms with Crippen LogP contribution in [-0.2, 0) is 26.4 Å². The molecular weight excluding hydrogens is 394 g/mol. The number of nitrogens with one attached hydrogen (secondary N) is 2. The lowest BCUT2D eigenvalue weighted by molar-refractivity contribution is -0.120. The summed E-state index contributed by atoms with van der Waals surface area (Å²) in [4.78, 5) is 17.9. The predicted octanol–water partition coefficient (Wildman–Crippen LogP) is 0.641. The van der Waals surface area contributed by atoms with Gasteiger partial charge in [-0.25, -0.2) is 8.78 Å². The Kier molecular flexibility index (Phi) is 5.71. The number of hydrogen-bond donors (Lipinski definition) is 2. The van der Waals surface area contributed by atoms with Crippen LogP contribution in [0.2, 0.25) is 0 Å². The molecule has 2 aliphatic rings. The summed E-state index contributed by atoms with van der Waals surface area (Å²) < 4.78 is 53.5. The van der Waals surface area contributed by atoms with Gasteiger partial charge in [0.05, 0.1) is 0 Å². The molecule has 0 radical (unpaired) electrons. The maximum atomic E-state index is 13.7. The van der Waals surface area contributed by atoms with E-state index in [0.29, 0.717) is 12.8 Å². The Balaban J connectivity index is 1.60. The van der Waals surface area contributed by atoms with Gasteiger partial charge in [-0.05, 0) is 25.0 Å². The maximum absolute atomic E-state index is 13.7. The van der Waals surface area contributed by atoms with Gasteiger partial charge in [0.25, 0.3) is 16.1 Å². The number of carbonyl (C=O) groups is 1. The number of carbonyl (C=O) groups excluding carboxylic acids is 1. The molecule has 2 N–H and O–H groups in total. The Morgan fingerprint density at radius 2 is 2.00 bits per heavy atom. The quantitative estimate of drug-likeness (QED) is 0.735. The molecule has 0 atom stereocenters. The second-order valence-electron chi connectivity index (χ2n) is 6.93. The monoisotopic (exact) mass is 416 g/mol. The Hall–Kier alpha value is -2.08. The smallest absolute Gasteiger partial charge is 0.281 e. The molecule has 154 valence electrons. The molecule has 28 heavy (non-hydrogen) atoms. The van der Waals surface area contributed by atoms with E-state index in [1.807, 2.05) is 0 Å². The van der Waals surface area contributed by atoms with Gasteiger partial charge in [0.15, 0.2) is 0 Å². The molecule has 1 aromatic rings. The fourth-order valence-electron chi connectivity index (χ4n) is 3.10. The Bertz CT molecular complexity index is 896. The van der Waals surface area contributed by atoms with E-state index in [2.05, 4.69) is 10.8 Å². The van der Waals surface area contributed by atoms with Crippen LogP contribution in [0.3, 0.4) is 0 Å². The number of amides is 1. The lowest BCUT2D eigenvalue weighted by Gasteiger charge is -2.36. The second-order valence-corrected chi connectivity index (χ2v) is 9.08. The van der Waals surface area contributed by atoms with Crippen molar-refractivity contribution in [2.24, 2.45) is 0 Å². The average Bonchev–Trinajstić information content (AvgIpc) is 3.04. The highest BCUT2D eigenvalue weighted by Crippen LogP contribution is 2.33. The molecule has 2 aliphatic heterocycles. The minimum atomic E-state index is -3.49. The van der Waals surface area contributed by atoms with Gasteiger partial charge in [-0.2, -0.15) is 17.0 Å². The lowest BCUT2D eigenvalue weighted by atomic mass is 9.92. The molecule has 0 aromatic heterocycles. The van der Waals surface area contributed by atoms with Crippen LogP contribution in [0.1, 0.15) is 18.4 Å². The molecule has 0 bridgehead atoms. The molecule has 1 fully saturated rings. The standard InChI is InChI=1S/C17H22F2N4O4S/c1-22(2)28(25,26)23-7-5-17(6-8-23)10-15(21-27-17)16(24)20-11-12-3-4-13(18)9-14(12)19/h3-4,9-10,21H,5-8,11H2,1-2H3,(H,20,24). The molecule has 1 spiro atoms. The average molecular weight is 416 g/mol. The first kappa shape index (κ1) is 20.6. The Labute approximate surface area is 162 Å². The highest BCUT2D eigenvalue weighted by Gasteiger charge is 2.42. The molecule has 0 saturated carbocycles. The number of hydrogen-bond acceptors (Lipinski definition) is 5. The van der Waals surface area contributed by atoms with Gasteiger partial charge >= 0.3 is 0 Å². The topological polar surface area (TPSA) is 91.0 Å². The summed E-state index contributed by atoms with van der Waals surface area (Å²) in [6, 6.07) is 3.13. The van der Waals surface area contributed by atoms with Crippen molar-refractivity contribution in [3.63, 3.8) is 0 Å². The SMILES string of the molecule is CN(C)S(=O)(=O)N1CCC2(C=C(C(=O)NCc3ccc(F)cc3F)NO2)CC1. The van der Waals surface area contributed by atoms with Gasteiger partial charge in [-0.1, -0.05) is 6.07 Å². The third-order valence-corrected chi connectivity index (χ3v) is 6.77. The van der Waals surface area contributed by atoms with Crippen molar-refractivity contribution in [2.75, 3.05) is 27.2 Å². The number of piperidine rings is 1. The molecule has 8 nitrogen and oxygen atoms in total. The minimum absolute atomic E-state index is 0.105. The van der Waals surface area contributed by atoms with Crippen LogP contribution in [0, 0.1) is 11.6 Å². The number of benzene rings is 1. The number of halogens is 2. The summed E-state index contributed by atoms with van der Waals surface area (Å²) in [5.41, 5.74) is 2.13. The Morgan fingerprint density at radius 1 is 1.32 bits per heavy atom. The summed E-state index contributed by atoms with van der Waals surface area (Å²) in [5, 5.41) is 2.55. The number of hydroxylamine groups is 1. The molecule has 0 unspecified atom stereocenters. The van der Waals surface area contributed by atoms with Crippen LogP contribution in [0.4, 0.5) is 8.78 Å². The van der Waals surface area contributed by atoms with Crippen molar-refractivity contribution in [3.8, 4) is 0 Å². The molecule has 1 saturated heterocycles. The van der Waals surface area contributed by atoms with E-state index in [9.17, 15) is 22.0 Å². The van der Waals surface area contributed by atoms with Crippen LogP contribution in [0.15, 0.2) is 30.0 Å². The largest absolute Gasteiger partial charge is 0.347 e. The summed E-state index contributed by atoms with van der Waals surface area (Å²) in [5.74, 6) is -1.93. The van der Waals surface area contributed by atoms with E-state index < -0.39 is 33.4 Å². The van der Waals surface area contributed by atoms with Gasteiger partial charge in [0.1, 0.15) is 22.9 Å². The molecule has 1 aromatic carbocycles. The normalized spacial score (nSPS) is 19.5. The zero-order chi connectivity index (χ0) is 20.5. The summed E-state index contributed by atoms with van der Waals surface area (Å²) in [6.07, 6.45) is 2.40. The van der Waals surface area contributed by atoms with E-state index in [4.69, 9.17) is 4.84 Å². The summed E-state index contributed by atoms with van der Waals surface area (Å²) in [7, 11) is -0.550. The van der Waals surface area contributed by atoms with Crippen LogP contribution in [0.5, 0.6) is 0 Å². The third kappa shape index (κ3) is 4.17. The zero-order valence-corrected chi connectivity index (χ0v) is 16.4. The van der Waals surface area contributed by atoms with Gasteiger partial charge < -0.3 is 5.32 Å². The molecule has 11 heteroatoms. The van der Waals surface area contributed by atoms with Crippen molar-refractivity contribution < 1.29 is 26.8 Å². The van der Waals surface area contributed by atoms with E-state index in [1.54, 1.807) is 6.08 Å². The van der Waals surface area contributed by atoms with E-state index in [1.165, 1.54) is 24.5 Å². The van der Waals surface area contributed by atoms with E-state index in [-0.39, 0.29) is 30.9 Å². The predicted molar refractivity (Wildman–Crippen MR) is 96.7 cm³/mol. The van der Waals surface area contributed by atoms with Crippen molar-refractivity contribution in [3.05, 3.63) is 47.2 Å². The van der Waals surface area contributed by atoms with Crippen LogP contribution < -0.4 is 10.8 Å². The van der Waals surface area contributed by atoms with Crippen LogP contribution in [-0.4, -0.2) is 55.7 Å². The number of rotatable bonds is 5. The fourth-order valence-corrected chi connectivity index (χ4v) is 4.20. The highest BCUT2D eigenvalue weighted by molar-refractivity contribution is 7.86. The molecule has 1 amide bonds. The van der Waals surface area contributed by atoms with Crippen molar-refractivity contribution in [1.29, 1.82) is 0 Å². The van der Waals surface area contributed by atoms with Gasteiger partial charge in [0.2, 0.25) is 0 Å². The molecule has 0 aliphatic carbocycles. The first-order valence-corrected chi connectivity index (χ1v) is 10.1. The maximum Gasteiger partial charge on any atom is 0.281 e. The van der Waals surface area contributed by atoms with Crippen LogP contribution >= 0.6 is 0 Å². The lowest BCUT2D eigenvalue weighted by Crippen LogP contribution is -2.49. The highest BCUT2D eigenvalue weighted by atomic mass is 32.2. The third-order valence-electron chi connectivity index (χ3n) is 4.83. The Morgan fingerprint density at radius 3 is 2.61 bits per heavy atom. The van der Waals surface area contributed by atoms with Crippen molar-refractivity contribution in [1.82, 2.24) is 19.4 Å². The van der Waals surface area contributed by atoms with Gasteiger partial charge in [-0.15, -0.1) is 0 Å². The minimum Gasteiger partial charge on any atom is -0.347 e. The van der Waals surface area contributed by atoms with E-state index in [0.717, 1.165) is 16.4 Å². The molecule has 2 heterocycles. The zero-order valence-electron chi connectivity index (χ0n) is 15.5. The molecular formula is C17H22F2N4O4S. The van der Waals surface area contributed by atoms with Gasteiger partial charge in [0, 0.05) is 45.4 Å². The second kappa shape index (κ2) is 7.74. The number of nitrogens with zero attached hydrogens (tertiary/aromatic N) is 2. The van der Waals surface area contributed by atoms with Crippen molar-refractivity contribution in [2.45, 2.75) is 25.0 Å². The summed E-state index contributed by atoms with van der Waals surface area (Å²) >= 11 is 0. The van der Waals surface area contributed by atoms with Gasteiger partial charge in [-0.3, -0.25) is 15.1 Å². The van der Waals surface area contributed by atoms with Crippen molar-refractivity contribution >= 4 is 16.1 Å².